The van der Waals surface area contributed by atoms with Gasteiger partial charge in [0.05, 0.1) is 30.6 Å². The number of nitrogens with one attached hydrogen (secondary N) is 1. The lowest BCUT2D eigenvalue weighted by atomic mass is 9.95. The van der Waals surface area contributed by atoms with E-state index in [1.807, 2.05) is 11.0 Å². The number of nitrogens with zero attached hydrogens (tertiary/aromatic N) is 1. The summed E-state index contributed by atoms with van der Waals surface area (Å²) >= 11 is 6.10. The van der Waals surface area contributed by atoms with Crippen molar-refractivity contribution < 1.29 is 18.7 Å². The number of carbonyl (C=O) groups excluding carboxylic acids is 1. The minimum Gasteiger partial charge on any atom is -0.495 e. The Hall–Kier alpha value is -2.47. The first-order valence-corrected chi connectivity index (χ1v) is 9.13. The second kappa shape index (κ2) is 8.48. The van der Waals surface area contributed by atoms with Crippen LogP contribution in [0.4, 0.5) is 15.8 Å². The van der Waals surface area contributed by atoms with E-state index in [2.05, 4.69) is 5.32 Å². The van der Waals surface area contributed by atoms with E-state index in [1.165, 1.54) is 20.3 Å². The van der Waals surface area contributed by atoms with Gasteiger partial charge in [0.1, 0.15) is 17.3 Å². The van der Waals surface area contributed by atoms with E-state index in [0.717, 1.165) is 0 Å². The van der Waals surface area contributed by atoms with E-state index in [4.69, 9.17) is 21.1 Å². The maximum absolute atomic E-state index is 13.9. The number of hydrogen-bond donors (Lipinski definition) is 1. The molecule has 1 aliphatic heterocycles. The summed E-state index contributed by atoms with van der Waals surface area (Å²) in [5.74, 6) is 0.448. The first-order chi connectivity index (χ1) is 13.0. The maximum Gasteiger partial charge on any atom is 0.227 e. The van der Waals surface area contributed by atoms with Gasteiger partial charge in [0.2, 0.25) is 5.91 Å². The number of benzene rings is 2. The summed E-state index contributed by atoms with van der Waals surface area (Å²) in [5, 5.41) is 3.31. The lowest BCUT2D eigenvalue weighted by molar-refractivity contribution is -0.120. The second-order valence-corrected chi connectivity index (χ2v) is 6.80. The lowest BCUT2D eigenvalue weighted by Crippen LogP contribution is -2.38. The highest BCUT2D eigenvalue weighted by molar-refractivity contribution is 6.32. The van der Waals surface area contributed by atoms with Gasteiger partial charge < -0.3 is 19.7 Å². The molecular formula is C20H22ClFN2O3. The van der Waals surface area contributed by atoms with Crippen molar-refractivity contribution in [3.05, 3.63) is 47.2 Å². The van der Waals surface area contributed by atoms with E-state index in [0.29, 0.717) is 53.8 Å². The first-order valence-electron chi connectivity index (χ1n) is 8.75. The van der Waals surface area contributed by atoms with E-state index >= 15 is 0 Å². The fourth-order valence-electron chi connectivity index (χ4n) is 3.28. The molecule has 0 saturated carbocycles. The quantitative estimate of drug-likeness (QED) is 0.821. The maximum atomic E-state index is 13.9. The van der Waals surface area contributed by atoms with Gasteiger partial charge in [-0.3, -0.25) is 4.79 Å². The molecule has 144 valence electrons. The summed E-state index contributed by atoms with van der Waals surface area (Å²) in [6, 6.07) is 9.96. The van der Waals surface area contributed by atoms with Crippen molar-refractivity contribution in [2.45, 2.75) is 12.8 Å². The zero-order chi connectivity index (χ0) is 19.4. The molecule has 0 unspecified atom stereocenters. The Kier molecular flexibility index (Phi) is 6.06. The molecule has 27 heavy (non-hydrogen) atoms. The Morgan fingerprint density at radius 3 is 2.44 bits per heavy atom. The molecule has 2 aromatic carbocycles. The van der Waals surface area contributed by atoms with Gasteiger partial charge in [0.25, 0.3) is 0 Å². The Morgan fingerprint density at radius 1 is 1.15 bits per heavy atom. The van der Waals surface area contributed by atoms with Crippen LogP contribution in [0, 0.1) is 11.7 Å². The lowest BCUT2D eigenvalue weighted by Gasteiger charge is -2.33. The smallest absolute Gasteiger partial charge is 0.227 e. The average Bonchev–Trinajstić information content (AvgIpc) is 2.69. The molecule has 2 aromatic rings. The minimum absolute atomic E-state index is 0.0918. The van der Waals surface area contributed by atoms with E-state index in [9.17, 15) is 9.18 Å². The number of amides is 1. The van der Waals surface area contributed by atoms with E-state index in [1.54, 1.807) is 24.3 Å². The third-order valence-electron chi connectivity index (χ3n) is 4.79. The molecule has 1 saturated heterocycles. The number of hydrogen-bond acceptors (Lipinski definition) is 4. The molecule has 1 fully saturated rings. The van der Waals surface area contributed by atoms with Gasteiger partial charge in [0, 0.05) is 31.1 Å². The molecule has 0 aromatic heterocycles. The van der Waals surface area contributed by atoms with Crippen molar-refractivity contribution in [3.8, 4) is 11.5 Å². The number of ether oxygens (including phenoxy) is 2. The SMILES string of the molecule is COc1cc(NC(=O)C2CCN(c3ccccc3F)CC2)c(OC)cc1Cl. The molecule has 0 atom stereocenters. The zero-order valence-corrected chi connectivity index (χ0v) is 16.1. The fourth-order valence-corrected chi connectivity index (χ4v) is 3.51. The zero-order valence-electron chi connectivity index (χ0n) is 15.3. The van der Waals surface area contributed by atoms with Crippen LogP contribution in [-0.2, 0) is 4.79 Å². The third-order valence-corrected chi connectivity index (χ3v) is 5.09. The number of halogens is 2. The van der Waals surface area contributed by atoms with Crippen LogP contribution in [0.1, 0.15) is 12.8 Å². The molecule has 1 aliphatic rings. The summed E-state index contributed by atoms with van der Waals surface area (Å²) in [4.78, 5) is 14.7. The molecule has 5 nitrogen and oxygen atoms in total. The Balaban J connectivity index is 1.66. The predicted molar refractivity (Wildman–Crippen MR) is 105 cm³/mol. The van der Waals surface area contributed by atoms with Crippen molar-refractivity contribution in [2.75, 3.05) is 37.5 Å². The second-order valence-electron chi connectivity index (χ2n) is 6.39. The van der Waals surface area contributed by atoms with Crippen molar-refractivity contribution in [2.24, 2.45) is 5.92 Å². The molecule has 0 radical (unpaired) electrons. The average molecular weight is 393 g/mol. The molecule has 1 N–H and O–H groups in total. The number of carbonyl (C=O) groups is 1. The van der Waals surface area contributed by atoms with Gasteiger partial charge >= 0.3 is 0 Å². The number of anilines is 2. The molecular weight excluding hydrogens is 371 g/mol. The summed E-state index contributed by atoms with van der Waals surface area (Å²) in [7, 11) is 3.03. The highest BCUT2D eigenvalue weighted by Gasteiger charge is 2.27. The Bertz CT molecular complexity index is 823. The number of methoxy groups -OCH3 is 2. The highest BCUT2D eigenvalue weighted by atomic mass is 35.5. The van der Waals surface area contributed by atoms with Crippen LogP contribution in [0.3, 0.4) is 0 Å². The monoisotopic (exact) mass is 392 g/mol. The third kappa shape index (κ3) is 4.27. The molecule has 7 heteroatoms. The highest BCUT2D eigenvalue weighted by Crippen LogP contribution is 2.36. The van der Waals surface area contributed by atoms with Crippen LogP contribution in [0.25, 0.3) is 0 Å². The van der Waals surface area contributed by atoms with Gasteiger partial charge in [-0.25, -0.2) is 4.39 Å². The molecule has 0 spiro atoms. The van der Waals surface area contributed by atoms with Crippen LogP contribution < -0.4 is 19.7 Å². The number of para-hydroxylation sites is 1. The minimum atomic E-state index is -0.238. The van der Waals surface area contributed by atoms with Gasteiger partial charge in [-0.15, -0.1) is 0 Å². The number of rotatable bonds is 5. The van der Waals surface area contributed by atoms with Gasteiger partial charge in [-0.05, 0) is 25.0 Å². The standard InChI is InChI=1S/C20H22ClFN2O3/c1-26-18-12-16(19(27-2)11-14(18)21)23-20(25)13-7-9-24(10-8-13)17-6-4-3-5-15(17)22/h3-6,11-13H,7-10H2,1-2H3,(H,23,25). The van der Waals surface area contributed by atoms with Crippen LogP contribution in [0.15, 0.2) is 36.4 Å². The molecule has 3 rings (SSSR count). The van der Waals surface area contributed by atoms with Gasteiger partial charge in [-0.2, -0.15) is 0 Å². The summed E-state index contributed by atoms with van der Waals surface area (Å²) in [6.07, 6.45) is 1.29. The largest absolute Gasteiger partial charge is 0.495 e. The molecule has 1 heterocycles. The van der Waals surface area contributed by atoms with E-state index in [-0.39, 0.29) is 17.6 Å². The van der Waals surface area contributed by atoms with Crippen LogP contribution >= 0.6 is 11.6 Å². The summed E-state index contributed by atoms with van der Waals surface area (Å²) in [5.41, 5.74) is 1.10. The van der Waals surface area contributed by atoms with E-state index < -0.39 is 0 Å². The predicted octanol–water partition coefficient (Wildman–Crippen LogP) is 4.35. The van der Waals surface area contributed by atoms with Crippen LogP contribution in [0.5, 0.6) is 11.5 Å². The van der Waals surface area contributed by atoms with Crippen molar-refractivity contribution in [1.82, 2.24) is 0 Å². The normalized spacial score (nSPS) is 14.7. The summed E-state index contributed by atoms with van der Waals surface area (Å²) in [6.45, 7) is 1.25. The molecule has 0 aliphatic carbocycles. The van der Waals surface area contributed by atoms with Gasteiger partial charge in [-0.1, -0.05) is 23.7 Å². The van der Waals surface area contributed by atoms with Crippen molar-refractivity contribution >= 4 is 28.9 Å². The molecule has 1 amide bonds. The topological polar surface area (TPSA) is 50.8 Å². The van der Waals surface area contributed by atoms with Gasteiger partial charge in [0.15, 0.2) is 0 Å². The molecule has 0 bridgehead atoms. The van der Waals surface area contributed by atoms with Crippen LogP contribution in [-0.4, -0.2) is 33.2 Å². The Morgan fingerprint density at radius 2 is 1.81 bits per heavy atom. The van der Waals surface area contributed by atoms with Crippen molar-refractivity contribution in [1.29, 1.82) is 0 Å². The summed E-state index contributed by atoms with van der Waals surface area (Å²) < 4.78 is 24.5. The van der Waals surface area contributed by atoms with Crippen LogP contribution in [0.2, 0.25) is 5.02 Å². The Labute approximate surface area is 163 Å². The fraction of sp³-hybridized carbons (Fsp3) is 0.350. The first kappa shape index (κ1) is 19.3. The number of piperidine rings is 1. The van der Waals surface area contributed by atoms with Crippen molar-refractivity contribution in [3.63, 3.8) is 0 Å².